The van der Waals surface area contributed by atoms with Crippen LogP contribution in [-0.2, 0) is 12.5 Å². The third-order valence-corrected chi connectivity index (χ3v) is 8.34. The van der Waals surface area contributed by atoms with Gasteiger partial charge in [-0.2, -0.15) is 11.8 Å². The summed E-state index contributed by atoms with van der Waals surface area (Å²) in [5.74, 6) is 2.17. The van der Waals surface area contributed by atoms with Crippen LogP contribution < -0.4 is 15.9 Å². The maximum atomic E-state index is 13.5. The van der Waals surface area contributed by atoms with Crippen molar-refractivity contribution in [2.45, 2.75) is 33.1 Å². The summed E-state index contributed by atoms with van der Waals surface area (Å²) in [5, 5.41) is 7.25. The molecule has 1 aliphatic rings. The van der Waals surface area contributed by atoms with E-state index in [4.69, 9.17) is 4.98 Å². The average molecular weight is 568 g/mol. The Bertz CT molecular complexity index is 1590. The third-order valence-electron chi connectivity index (χ3n) is 7.40. The van der Waals surface area contributed by atoms with Crippen LogP contribution in [0.5, 0.6) is 0 Å². The highest BCUT2D eigenvalue weighted by atomic mass is 32.2. The van der Waals surface area contributed by atoms with Gasteiger partial charge in [0.2, 0.25) is 5.82 Å². The van der Waals surface area contributed by atoms with Crippen molar-refractivity contribution >= 4 is 34.9 Å². The minimum Gasteiger partial charge on any atom is -0.322 e. The zero-order valence-corrected chi connectivity index (χ0v) is 25.2. The highest BCUT2D eigenvalue weighted by Crippen LogP contribution is 2.31. The molecule has 0 atom stereocenters. The van der Waals surface area contributed by atoms with E-state index in [1.165, 1.54) is 5.56 Å². The summed E-state index contributed by atoms with van der Waals surface area (Å²) in [6.45, 7) is 10.1. The van der Waals surface area contributed by atoms with E-state index in [2.05, 4.69) is 31.1 Å². The van der Waals surface area contributed by atoms with Gasteiger partial charge in [-0.25, -0.2) is 9.99 Å². The van der Waals surface area contributed by atoms with E-state index in [0.717, 1.165) is 41.4 Å². The molecule has 1 amide bonds. The number of para-hydroxylation sites is 1. The van der Waals surface area contributed by atoms with Gasteiger partial charge < -0.3 is 9.88 Å². The van der Waals surface area contributed by atoms with Crippen molar-refractivity contribution in [3.63, 3.8) is 0 Å². The molecule has 4 aromatic rings. The van der Waals surface area contributed by atoms with Gasteiger partial charge in [0.05, 0.1) is 11.4 Å². The van der Waals surface area contributed by atoms with Crippen LogP contribution in [0.15, 0.2) is 83.8 Å². The number of hydrogen-bond donors (Lipinski definition) is 1. The van der Waals surface area contributed by atoms with Crippen molar-refractivity contribution in [2.75, 3.05) is 34.9 Å². The third kappa shape index (κ3) is 6.24. The standard InChI is InChI=1S/C33H37N5O2S/c1-23-27(12-9-13-28(23)35-31(39)24-14-16-25(17-15-24)33(2,3)4)29-22-36(5)32(40)30(34-29)38(26-10-7-6-8-11-26)37-18-20-41-21-19-37/h6-17,22H,18-21H2,1-5H3,(H,35,39). The summed E-state index contributed by atoms with van der Waals surface area (Å²) in [5.41, 5.74) is 5.63. The maximum Gasteiger partial charge on any atom is 0.295 e. The van der Waals surface area contributed by atoms with Gasteiger partial charge in [-0.3, -0.25) is 14.6 Å². The van der Waals surface area contributed by atoms with Gasteiger partial charge in [-0.15, -0.1) is 0 Å². The molecule has 5 rings (SSSR count). The van der Waals surface area contributed by atoms with Crippen molar-refractivity contribution in [2.24, 2.45) is 7.05 Å². The molecule has 0 aliphatic carbocycles. The fourth-order valence-corrected chi connectivity index (χ4v) is 5.85. The molecule has 1 aromatic heterocycles. The SMILES string of the molecule is Cc1c(NC(=O)c2ccc(C(C)(C)C)cc2)cccc1-c1cn(C)c(=O)c(N(c2ccccc2)N2CCSCC2)n1. The van der Waals surface area contributed by atoms with Crippen molar-refractivity contribution in [3.05, 3.63) is 106 Å². The molecule has 3 aromatic carbocycles. The number of rotatable bonds is 6. The van der Waals surface area contributed by atoms with Gasteiger partial charge in [0, 0.05) is 54.7 Å². The molecule has 0 unspecified atom stereocenters. The van der Waals surface area contributed by atoms with Crippen LogP contribution in [0.3, 0.4) is 0 Å². The smallest absolute Gasteiger partial charge is 0.295 e. The van der Waals surface area contributed by atoms with Crippen LogP contribution in [0.25, 0.3) is 11.3 Å². The minimum atomic E-state index is -0.170. The second-order valence-corrected chi connectivity index (χ2v) is 12.6. The first-order valence-electron chi connectivity index (χ1n) is 13.9. The second-order valence-electron chi connectivity index (χ2n) is 11.3. The minimum absolute atomic E-state index is 0.0185. The van der Waals surface area contributed by atoms with E-state index in [-0.39, 0.29) is 16.9 Å². The number of carbonyl (C=O) groups excluding carboxylic acids is 1. The van der Waals surface area contributed by atoms with E-state index in [1.807, 2.05) is 96.5 Å². The molecular formula is C33H37N5O2S. The highest BCUT2D eigenvalue weighted by Gasteiger charge is 2.26. The van der Waals surface area contributed by atoms with Crippen LogP contribution in [0.4, 0.5) is 17.2 Å². The van der Waals surface area contributed by atoms with Crippen molar-refractivity contribution in [1.82, 2.24) is 14.6 Å². The lowest BCUT2D eigenvalue weighted by Crippen LogP contribution is -2.47. The van der Waals surface area contributed by atoms with Gasteiger partial charge in [-0.1, -0.05) is 63.2 Å². The molecule has 8 heteroatoms. The lowest BCUT2D eigenvalue weighted by atomic mass is 9.86. The lowest BCUT2D eigenvalue weighted by Gasteiger charge is -2.37. The van der Waals surface area contributed by atoms with Gasteiger partial charge in [0.15, 0.2) is 0 Å². The molecule has 0 bridgehead atoms. The Morgan fingerprint density at radius 3 is 2.29 bits per heavy atom. The Kier molecular flexibility index (Phi) is 8.33. The maximum absolute atomic E-state index is 13.5. The second kappa shape index (κ2) is 11.9. The number of anilines is 3. The number of thioether (sulfide) groups is 1. The number of hydrazine groups is 1. The lowest BCUT2D eigenvalue weighted by molar-refractivity contribution is 0.102. The van der Waals surface area contributed by atoms with E-state index in [0.29, 0.717) is 22.8 Å². The zero-order chi connectivity index (χ0) is 29.1. The number of amides is 1. The van der Waals surface area contributed by atoms with E-state index in [9.17, 15) is 9.59 Å². The van der Waals surface area contributed by atoms with E-state index in [1.54, 1.807) is 17.8 Å². The number of nitrogens with one attached hydrogen (secondary N) is 1. The van der Waals surface area contributed by atoms with Crippen LogP contribution in [0, 0.1) is 6.92 Å². The Balaban J connectivity index is 1.50. The number of hydrogen-bond acceptors (Lipinski definition) is 6. The van der Waals surface area contributed by atoms with E-state index < -0.39 is 0 Å². The molecule has 1 saturated heterocycles. The Morgan fingerprint density at radius 2 is 1.63 bits per heavy atom. The molecule has 41 heavy (non-hydrogen) atoms. The van der Waals surface area contributed by atoms with Gasteiger partial charge in [-0.05, 0) is 53.8 Å². The molecule has 0 radical (unpaired) electrons. The van der Waals surface area contributed by atoms with Crippen LogP contribution >= 0.6 is 11.8 Å². The Morgan fingerprint density at radius 1 is 0.951 bits per heavy atom. The first kappa shape index (κ1) is 28.6. The largest absolute Gasteiger partial charge is 0.322 e. The molecule has 212 valence electrons. The van der Waals surface area contributed by atoms with Crippen LogP contribution in [-0.4, -0.2) is 45.1 Å². The summed E-state index contributed by atoms with van der Waals surface area (Å²) >= 11 is 1.92. The van der Waals surface area contributed by atoms with Crippen molar-refractivity contribution in [3.8, 4) is 11.3 Å². The number of benzene rings is 3. The Hall–Kier alpha value is -3.88. The molecule has 1 fully saturated rings. The first-order valence-corrected chi connectivity index (χ1v) is 15.1. The van der Waals surface area contributed by atoms with Crippen LogP contribution in [0.2, 0.25) is 0 Å². The summed E-state index contributed by atoms with van der Waals surface area (Å²) < 4.78 is 1.59. The molecule has 2 heterocycles. The average Bonchev–Trinajstić information content (AvgIpc) is 2.97. The molecule has 7 nitrogen and oxygen atoms in total. The van der Waals surface area contributed by atoms with Gasteiger partial charge in [0.25, 0.3) is 11.5 Å². The molecule has 0 saturated carbocycles. The number of aryl methyl sites for hydroxylation is 1. The topological polar surface area (TPSA) is 70.5 Å². The summed E-state index contributed by atoms with van der Waals surface area (Å²) in [6.07, 6.45) is 1.76. The van der Waals surface area contributed by atoms with Crippen molar-refractivity contribution < 1.29 is 4.79 Å². The highest BCUT2D eigenvalue weighted by molar-refractivity contribution is 7.99. The molecular weight excluding hydrogens is 530 g/mol. The summed E-state index contributed by atoms with van der Waals surface area (Å²) in [7, 11) is 1.76. The number of carbonyl (C=O) groups is 1. The summed E-state index contributed by atoms with van der Waals surface area (Å²) in [4.78, 5) is 31.6. The van der Waals surface area contributed by atoms with Crippen LogP contribution in [0.1, 0.15) is 42.3 Å². The molecule has 1 N–H and O–H groups in total. The van der Waals surface area contributed by atoms with Crippen molar-refractivity contribution in [1.29, 1.82) is 0 Å². The molecule has 0 spiro atoms. The number of nitrogens with zero attached hydrogens (tertiary/aromatic N) is 4. The van der Waals surface area contributed by atoms with Gasteiger partial charge >= 0.3 is 0 Å². The zero-order valence-electron chi connectivity index (χ0n) is 24.3. The Labute approximate surface area is 246 Å². The fraction of sp³-hybridized carbons (Fsp3) is 0.303. The normalized spacial score (nSPS) is 14.1. The number of aromatic nitrogens is 2. The fourth-order valence-electron chi connectivity index (χ4n) is 4.97. The van der Waals surface area contributed by atoms with Gasteiger partial charge in [0.1, 0.15) is 0 Å². The summed E-state index contributed by atoms with van der Waals surface area (Å²) in [6, 6.07) is 23.5. The predicted molar refractivity (Wildman–Crippen MR) is 170 cm³/mol. The monoisotopic (exact) mass is 567 g/mol. The first-order chi connectivity index (χ1) is 19.6. The molecule has 1 aliphatic heterocycles. The predicted octanol–water partition coefficient (Wildman–Crippen LogP) is 6.41. The van der Waals surface area contributed by atoms with E-state index >= 15 is 0 Å². The quantitative estimate of drug-likeness (QED) is 0.291.